The van der Waals surface area contributed by atoms with Crippen molar-refractivity contribution in [1.29, 1.82) is 0 Å². The van der Waals surface area contributed by atoms with Crippen LogP contribution < -0.4 is 5.32 Å². The molecule has 8 heteroatoms. The van der Waals surface area contributed by atoms with Gasteiger partial charge in [0.2, 0.25) is 5.91 Å². The molecule has 0 aliphatic rings. The summed E-state index contributed by atoms with van der Waals surface area (Å²) in [6.07, 6.45) is 0.960. The van der Waals surface area contributed by atoms with Gasteiger partial charge in [0.1, 0.15) is 0 Å². The minimum atomic E-state index is -0.109. The summed E-state index contributed by atoms with van der Waals surface area (Å²) >= 11 is 9.02. The zero-order valence-corrected chi connectivity index (χ0v) is 17.1. The molecule has 5 nitrogen and oxygen atoms in total. The lowest BCUT2D eigenvalue weighted by Crippen LogP contribution is -2.14. The van der Waals surface area contributed by atoms with Crippen LogP contribution in [-0.2, 0) is 18.3 Å². The number of nitrogens with zero attached hydrogens (tertiary/aromatic N) is 3. The number of benzene rings is 1. The fraction of sp³-hybridized carbons (Fsp3) is 0.278. The van der Waals surface area contributed by atoms with E-state index in [2.05, 4.69) is 34.7 Å². The molecule has 0 bridgehead atoms. The van der Waals surface area contributed by atoms with Gasteiger partial charge in [0, 0.05) is 33.6 Å². The van der Waals surface area contributed by atoms with Crippen molar-refractivity contribution in [2.75, 3.05) is 11.1 Å². The standard InChI is InChI=1S/C18H19ClN4OS2/c1-4-14-11(2)25-9-15(14)17-21-22-18(23(17)3)26-10-16(24)20-13-7-5-6-12(19)8-13/h5-9H,4,10H2,1-3H3,(H,20,24). The average Bonchev–Trinajstić information content (AvgIpc) is 3.15. The number of rotatable bonds is 6. The molecule has 0 spiro atoms. The van der Waals surface area contributed by atoms with Crippen LogP contribution in [0.25, 0.3) is 11.4 Å². The molecule has 1 aromatic carbocycles. The molecule has 1 N–H and O–H groups in total. The third kappa shape index (κ3) is 4.11. The normalized spacial score (nSPS) is 10.9. The molecule has 26 heavy (non-hydrogen) atoms. The predicted octanol–water partition coefficient (Wildman–Crippen LogP) is 4.80. The van der Waals surface area contributed by atoms with Gasteiger partial charge in [0.05, 0.1) is 5.75 Å². The minimum Gasteiger partial charge on any atom is -0.325 e. The van der Waals surface area contributed by atoms with Crippen molar-refractivity contribution in [3.8, 4) is 11.4 Å². The highest BCUT2D eigenvalue weighted by Crippen LogP contribution is 2.32. The first kappa shape index (κ1) is 18.9. The van der Waals surface area contributed by atoms with Gasteiger partial charge in [-0.25, -0.2) is 0 Å². The highest BCUT2D eigenvalue weighted by atomic mass is 35.5. The van der Waals surface area contributed by atoms with Gasteiger partial charge in [-0.15, -0.1) is 21.5 Å². The van der Waals surface area contributed by atoms with Crippen molar-refractivity contribution in [3.63, 3.8) is 0 Å². The number of aromatic nitrogens is 3. The summed E-state index contributed by atoms with van der Waals surface area (Å²) < 4.78 is 1.94. The predicted molar refractivity (Wildman–Crippen MR) is 109 cm³/mol. The topological polar surface area (TPSA) is 59.8 Å². The lowest BCUT2D eigenvalue weighted by Gasteiger charge is -2.06. The van der Waals surface area contributed by atoms with E-state index >= 15 is 0 Å². The Morgan fingerprint density at radius 3 is 2.92 bits per heavy atom. The molecule has 0 fully saturated rings. The van der Waals surface area contributed by atoms with E-state index < -0.39 is 0 Å². The lowest BCUT2D eigenvalue weighted by atomic mass is 10.1. The number of nitrogens with one attached hydrogen (secondary N) is 1. The Balaban J connectivity index is 1.68. The first-order valence-corrected chi connectivity index (χ1v) is 10.4. The molecule has 0 atom stereocenters. The third-order valence-corrected chi connectivity index (χ3v) is 6.18. The number of halogens is 1. The summed E-state index contributed by atoms with van der Waals surface area (Å²) in [6, 6.07) is 7.09. The summed E-state index contributed by atoms with van der Waals surface area (Å²) in [5.41, 5.74) is 3.11. The minimum absolute atomic E-state index is 0.109. The second-order valence-corrected chi connectivity index (χ2v) is 8.21. The number of aryl methyl sites for hydroxylation is 1. The second kappa shape index (κ2) is 8.24. The Bertz CT molecular complexity index is 935. The van der Waals surface area contributed by atoms with Crippen molar-refractivity contribution in [2.45, 2.75) is 25.4 Å². The van der Waals surface area contributed by atoms with Gasteiger partial charge in [-0.2, -0.15) is 0 Å². The van der Waals surface area contributed by atoms with Crippen molar-refractivity contribution >= 4 is 46.3 Å². The van der Waals surface area contributed by atoms with Crippen LogP contribution in [0.15, 0.2) is 34.8 Å². The zero-order valence-electron chi connectivity index (χ0n) is 14.7. The number of carbonyl (C=O) groups excluding carboxylic acids is 1. The molecule has 3 rings (SSSR count). The van der Waals surface area contributed by atoms with E-state index in [1.54, 1.807) is 35.6 Å². The monoisotopic (exact) mass is 406 g/mol. The van der Waals surface area contributed by atoms with Crippen LogP contribution in [0.1, 0.15) is 17.4 Å². The maximum absolute atomic E-state index is 12.2. The van der Waals surface area contributed by atoms with E-state index in [0.29, 0.717) is 15.9 Å². The molecule has 2 aromatic heterocycles. The van der Waals surface area contributed by atoms with Crippen LogP contribution in [0.5, 0.6) is 0 Å². The first-order chi connectivity index (χ1) is 12.5. The van der Waals surface area contributed by atoms with E-state index in [4.69, 9.17) is 11.6 Å². The summed E-state index contributed by atoms with van der Waals surface area (Å²) in [7, 11) is 1.93. The highest BCUT2D eigenvalue weighted by molar-refractivity contribution is 7.99. The Labute approximate surface area is 165 Å². The zero-order chi connectivity index (χ0) is 18.7. The van der Waals surface area contributed by atoms with E-state index in [1.165, 1.54) is 22.2 Å². The molecule has 136 valence electrons. The largest absolute Gasteiger partial charge is 0.325 e. The highest BCUT2D eigenvalue weighted by Gasteiger charge is 2.17. The van der Waals surface area contributed by atoms with Gasteiger partial charge in [-0.3, -0.25) is 4.79 Å². The summed E-state index contributed by atoms with van der Waals surface area (Å²) in [5.74, 6) is 0.980. The number of hydrogen-bond donors (Lipinski definition) is 1. The number of thiophene rings is 1. The number of thioether (sulfide) groups is 1. The molecular formula is C18H19ClN4OS2. The molecule has 3 aromatic rings. The smallest absolute Gasteiger partial charge is 0.234 e. The van der Waals surface area contributed by atoms with Crippen LogP contribution in [0.2, 0.25) is 5.02 Å². The molecule has 0 radical (unpaired) electrons. The van der Waals surface area contributed by atoms with Crippen LogP contribution in [0, 0.1) is 6.92 Å². The maximum Gasteiger partial charge on any atom is 0.234 e. The maximum atomic E-state index is 12.2. The van der Waals surface area contributed by atoms with Crippen LogP contribution in [-0.4, -0.2) is 26.4 Å². The lowest BCUT2D eigenvalue weighted by molar-refractivity contribution is -0.113. The fourth-order valence-electron chi connectivity index (χ4n) is 2.67. The Hall–Kier alpha value is -1.83. The van der Waals surface area contributed by atoms with Crippen LogP contribution >= 0.6 is 34.7 Å². The van der Waals surface area contributed by atoms with E-state index in [0.717, 1.165) is 17.8 Å². The van der Waals surface area contributed by atoms with Gasteiger partial charge >= 0.3 is 0 Å². The van der Waals surface area contributed by atoms with Gasteiger partial charge in [-0.1, -0.05) is 36.4 Å². The summed E-state index contributed by atoms with van der Waals surface area (Å²) in [5, 5.41) is 14.8. The SMILES string of the molecule is CCc1c(-c2nnc(SCC(=O)Nc3cccc(Cl)c3)n2C)csc1C. The number of anilines is 1. The summed E-state index contributed by atoms with van der Waals surface area (Å²) in [6.45, 7) is 4.27. The van der Waals surface area contributed by atoms with Gasteiger partial charge in [-0.05, 0) is 37.1 Å². The van der Waals surface area contributed by atoms with Crippen molar-refractivity contribution in [1.82, 2.24) is 14.8 Å². The van der Waals surface area contributed by atoms with Crippen molar-refractivity contribution in [3.05, 3.63) is 45.1 Å². The molecule has 2 heterocycles. The quantitative estimate of drug-likeness (QED) is 0.597. The second-order valence-electron chi connectivity index (χ2n) is 5.75. The third-order valence-electron chi connectivity index (χ3n) is 3.97. The van der Waals surface area contributed by atoms with E-state index in [-0.39, 0.29) is 11.7 Å². The van der Waals surface area contributed by atoms with Crippen LogP contribution in [0.3, 0.4) is 0 Å². The molecule has 0 unspecified atom stereocenters. The molecular weight excluding hydrogens is 388 g/mol. The number of carbonyl (C=O) groups is 1. The van der Waals surface area contributed by atoms with E-state index in [9.17, 15) is 4.79 Å². The summed E-state index contributed by atoms with van der Waals surface area (Å²) in [4.78, 5) is 13.5. The van der Waals surface area contributed by atoms with Crippen molar-refractivity contribution < 1.29 is 4.79 Å². The fourth-order valence-corrected chi connectivity index (χ4v) is 4.51. The first-order valence-electron chi connectivity index (χ1n) is 8.14. The number of amides is 1. The van der Waals surface area contributed by atoms with Crippen molar-refractivity contribution in [2.24, 2.45) is 7.05 Å². The van der Waals surface area contributed by atoms with Gasteiger partial charge < -0.3 is 9.88 Å². The van der Waals surface area contributed by atoms with Gasteiger partial charge in [0.25, 0.3) is 0 Å². The average molecular weight is 407 g/mol. The molecule has 0 saturated carbocycles. The van der Waals surface area contributed by atoms with E-state index in [1.807, 2.05) is 11.6 Å². The molecule has 0 aliphatic carbocycles. The molecule has 0 saturated heterocycles. The Morgan fingerprint density at radius 2 is 2.19 bits per heavy atom. The van der Waals surface area contributed by atoms with Crippen LogP contribution in [0.4, 0.5) is 5.69 Å². The molecule has 1 amide bonds. The molecule has 0 aliphatic heterocycles. The Kier molecular flexibility index (Phi) is 6.01. The Morgan fingerprint density at radius 1 is 1.38 bits per heavy atom. The number of hydrogen-bond acceptors (Lipinski definition) is 5. The van der Waals surface area contributed by atoms with Gasteiger partial charge in [0.15, 0.2) is 11.0 Å².